The number of aliphatic imine (C=N–C) groups is 1. The van der Waals surface area contributed by atoms with Crippen LogP contribution in [-0.2, 0) is 0 Å². The van der Waals surface area contributed by atoms with Crippen molar-refractivity contribution in [3.05, 3.63) is 34.9 Å². The van der Waals surface area contributed by atoms with Gasteiger partial charge in [-0.15, -0.1) is 0 Å². The summed E-state index contributed by atoms with van der Waals surface area (Å²) in [7, 11) is 0. The fourth-order valence-corrected chi connectivity index (χ4v) is 2.08. The third-order valence-corrected chi connectivity index (χ3v) is 3.23. The van der Waals surface area contributed by atoms with Crippen molar-refractivity contribution in [3.63, 3.8) is 0 Å². The monoisotopic (exact) mass is 270 g/mol. The Morgan fingerprint density at radius 2 is 1.76 bits per heavy atom. The zero-order valence-electron chi connectivity index (χ0n) is 9.20. The van der Waals surface area contributed by atoms with Crippen molar-refractivity contribution in [2.45, 2.75) is 12.8 Å². The van der Waals surface area contributed by atoms with Gasteiger partial charge in [-0.05, 0) is 48.7 Å². The molecule has 1 amide bonds. The molecule has 1 aromatic rings. The normalized spacial score (nSPS) is 16.4. The molecule has 0 aliphatic carbocycles. The van der Waals surface area contributed by atoms with E-state index in [0.29, 0.717) is 10.6 Å². The van der Waals surface area contributed by atoms with Crippen LogP contribution in [0.3, 0.4) is 0 Å². The molecule has 3 nitrogen and oxygen atoms in total. The Morgan fingerprint density at radius 3 is 2.35 bits per heavy atom. The topological polar surface area (TPSA) is 32.7 Å². The highest BCUT2D eigenvalue weighted by molar-refractivity contribution is 6.65. The van der Waals surface area contributed by atoms with Crippen LogP contribution in [0.25, 0.3) is 0 Å². The Morgan fingerprint density at radius 1 is 1.18 bits per heavy atom. The third kappa shape index (κ3) is 3.20. The highest BCUT2D eigenvalue weighted by Gasteiger charge is 2.15. The van der Waals surface area contributed by atoms with E-state index in [-0.39, 0.29) is 11.2 Å². The van der Waals surface area contributed by atoms with E-state index in [1.165, 1.54) is 0 Å². The SMILES string of the molecule is O=C(N=C(Cl)N1CCCC1)c1ccc(Cl)cc1. The van der Waals surface area contributed by atoms with Crippen molar-refractivity contribution < 1.29 is 4.79 Å². The van der Waals surface area contributed by atoms with E-state index < -0.39 is 0 Å². The van der Waals surface area contributed by atoms with Gasteiger partial charge in [0.2, 0.25) is 5.29 Å². The number of benzene rings is 1. The number of carbonyl (C=O) groups excluding carboxylic acids is 1. The van der Waals surface area contributed by atoms with Gasteiger partial charge in [-0.3, -0.25) is 4.79 Å². The lowest BCUT2D eigenvalue weighted by molar-refractivity contribution is 0.100. The van der Waals surface area contributed by atoms with Crippen LogP contribution in [-0.4, -0.2) is 29.2 Å². The van der Waals surface area contributed by atoms with Crippen LogP contribution < -0.4 is 0 Å². The number of likely N-dealkylation sites (tertiary alicyclic amines) is 1. The van der Waals surface area contributed by atoms with Crippen LogP contribution in [0.5, 0.6) is 0 Å². The zero-order chi connectivity index (χ0) is 12.3. The average Bonchev–Trinajstić information content (AvgIpc) is 2.83. The van der Waals surface area contributed by atoms with E-state index in [0.717, 1.165) is 25.9 Å². The maximum atomic E-state index is 11.8. The number of nitrogens with zero attached hydrogens (tertiary/aromatic N) is 2. The molecule has 0 spiro atoms. The first-order valence-corrected chi connectivity index (χ1v) is 6.21. The molecule has 0 radical (unpaired) electrons. The highest BCUT2D eigenvalue weighted by Crippen LogP contribution is 2.13. The molecule has 17 heavy (non-hydrogen) atoms. The lowest BCUT2D eigenvalue weighted by atomic mass is 10.2. The molecule has 0 saturated carbocycles. The molecule has 0 bridgehead atoms. The fraction of sp³-hybridized carbons (Fsp3) is 0.333. The smallest absolute Gasteiger partial charge is 0.279 e. The average molecular weight is 271 g/mol. The minimum Gasteiger partial charge on any atom is -0.347 e. The summed E-state index contributed by atoms with van der Waals surface area (Å²) in [5.41, 5.74) is 0.492. The van der Waals surface area contributed by atoms with E-state index in [4.69, 9.17) is 23.2 Å². The molecular formula is C12H12Cl2N2O. The molecule has 2 rings (SSSR count). The van der Waals surface area contributed by atoms with Crippen LogP contribution in [0.2, 0.25) is 5.02 Å². The standard InChI is InChI=1S/C12H12Cl2N2O/c13-10-5-3-9(4-6-10)11(17)15-12(14)16-7-1-2-8-16/h3-6H,1-2,7-8H2. The van der Waals surface area contributed by atoms with Crippen LogP contribution in [0.1, 0.15) is 23.2 Å². The van der Waals surface area contributed by atoms with E-state index in [1.807, 2.05) is 4.90 Å². The van der Waals surface area contributed by atoms with Crippen molar-refractivity contribution in [3.8, 4) is 0 Å². The Balaban J connectivity index is 2.09. The molecule has 1 aromatic carbocycles. The number of amidine groups is 1. The van der Waals surface area contributed by atoms with Gasteiger partial charge in [-0.2, -0.15) is 4.99 Å². The van der Waals surface area contributed by atoms with Crippen molar-refractivity contribution in [2.24, 2.45) is 4.99 Å². The molecule has 90 valence electrons. The molecule has 1 aliphatic rings. The highest BCUT2D eigenvalue weighted by atomic mass is 35.5. The number of carbonyl (C=O) groups is 1. The van der Waals surface area contributed by atoms with E-state index in [1.54, 1.807) is 24.3 Å². The number of hydrogen-bond donors (Lipinski definition) is 0. The summed E-state index contributed by atoms with van der Waals surface area (Å²) < 4.78 is 0. The largest absolute Gasteiger partial charge is 0.347 e. The Hall–Kier alpha value is -1.06. The van der Waals surface area contributed by atoms with Crippen molar-refractivity contribution in [1.29, 1.82) is 0 Å². The molecule has 1 saturated heterocycles. The van der Waals surface area contributed by atoms with Crippen molar-refractivity contribution in [1.82, 2.24) is 4.90 Å². The summed E-state index contributed by atoms with van der Waals surface area (Å²) in [6, 6.07) is 6.60. The Labute approximate surface area is 110 Å². The number of rotatable bonds is 1. The zero-order valence-corrected chi connectivity index (χ0v) is 10.7. The summed E-state index contributed by atoms with van der Waals surface area (Å²) in [5, 5.41) is 0.874. The molecule has 0 aromatic heterocycles. The van der Waals surface area contributed by atoms with Gasteiger partial charge in [-0.25, -0.2) is 0 Å². The lowest BCUT2D eigenvalue weighted by Crippen LogP contribution is -2.24. The second kappa shape index (κ2) is 5.52. The third-order valence-electron chi connectivity index (χ3n) is 2.65. The molecule has 1 aliphatic heterocycles. The van der Waals surface area contributed by atoms with Gasteiger partial charge in [0, 0.05) is 23.7 Å². The second-order valence-electron chi connectivity index (χ2n) is 3.89. The van der Waals surface area contributed by atoms with Crippen LogP contribution in [0, 0.1) is 0 Å². The predicted molar refractivity (Wildman–Crippen MR) is 69.9 cm³/mol. The van der Waals surface area contributed by atoms with Gasteiger partial charge in [0.05, 0.1) is 0 Å². The second-order valence-corrected chi connectivity index (χ2v) is 4.66. The molecule has 0 unspecified atom stereocenters. The lowest BCUT2D eigenvalue weighted by Gasteiger charge is -2.13. The van der Waals surface area contributed by atoms with Gasteiger partial charge >= 0.3 is 0 Å². The maximum Gasteiger partial charge on any atom is 0.279 e. The fourth-order valence-electron chi connectivity index (χ4n) is 1.71. The van der Waals surface area contributed by atoms with Gasteiger partial charge in [0.1, 0.15) is 0 Å². The molecule has 5 heteroatoms. The number of amides is 1. The van der Waals surface area contributed by atoms with Crippen molar-refractivity contribution >= 4 is 34.4 Å². The van der Waals surface area contributed by atoms with E-state index in [2.05, 4.69) is 4.99 Å². The van der Waals surface area contributed by atoms with Crippen molar-refractivity contribution in [2.75, 3.05) is 13.1 Å². The Bertz CT molecular complexity index is 436. The summed E-state index contributed by atoms with van der Waals surface area (Å²) in [6.07, 6.45) is 2.20. The molecule has 1 heterocycles. The Kier molecular flexibility index (Phi) is 4.02. The summed E-state index contributed by atoms with van der Waals surface area (Å²) in [5.74, 6) is -0.335. The summed E-state index contributed by atoms with van der Waals surface area (Å²) in [4.78, 5) is 17.6. The molecule has 0 N–H and O–H groups in total. The van der Waals surface area contributed by atoms with Gasteiger partial charge in [0.25, 0.3) is 5.91 Å². The first-order valence-electron chi connectivity index (χ1n) is 5.46. The molecule has 1 fully saturated rings. The summed E-state index contributed by atoms with van der Waals surface area (Å²) in [6.45, 7) is 1.74. The number of halogens is 2. The van der Waals surface area contributed by atoms with Gasteiger partial charge in [-0.1, -0.05) is 11.6 Å². The van der Waals surface area contributed by atoms with Gasteiger partial charge in [0.15, 0.2) is 0 Å². The van der Waals surface area contributed by atoms with Crippen LogP contribution in [0.15, 0.2) is 29.3 Å². The van der Waals surface area contributed by atoms with E-state index in [9.17, 15) is 4.79 Å². The number of hydrogen-bond acceptors (Lipinski definition) is 1. The van der Waals surface area contributed by atoms with Gasteiger partial charge < -0.3 is 4.90 Å². The first kappa shape index (κ1) is 12.4. The first-order chi connectivity index (χ1) is 8.16. The maximum absolute atomic E-state index is 11.8. The van der Waals surface area contributed by atoms with Crippen LogP contribution in [0.4, 0.5) is 0 Å². The van der Waals surface area contributed by atoms with E-state index >= 15 is 0 Å². The molecule has 0 atom stereocenters. The minimum absolute atomic E-state index is 0.280. The minimum atomic E-state index is -0.335. The van der Waals surface area contributed by atoms with Crippen LogP contribution >= 0.6 is 23.2 Å². The quantitative estimate of drug-likeness (QED) is 0.446. The molecular weight excluding hydrogens is 259 g/mol. The summed E-state index contributed by atoms with van der Waals surface area (Å²) >= 11 is 11.7. The predicted octanol–water partition coefficient (Wildman–Crippen LogP) is 3.17.